The molecule has 0 spiro atoms. The summed E-state index contributed by atoms with van der Waals surface area (Å²) >= 11 is 6.56. The Kier molecular flexibility index (Phi) is 7.28. The Morgan fingerprint density at radius 1 is 1.14 bits per heavy atom. The Hall–Kier alpha value is -1.95. The molecule has 0 amide bonds. The minimum absolute atomic E-state index is 0.139. The van der Waals surface area contributed by atoms with Crippen molar-refractivity contribution in [3.8, 4) is 0 Å². The molecule has 6 heteroatoms. The largest absolute Gasteiger partial charge is 0.465 e. The van der Waals surface area contributed by atoms with Gasteiger partial charge in [0.05, 0.1) is 17.6 Å². The lowest BCUT2D eigenvalue weighted by molar-refractivity contribution is -0.155. The smallest absolute Gasteiger partial charge is 0.316 e. The van der Waals surface area contributed by atoms with Crippen LogP contribution in [-0.2, 0) is 9.53 Å². The standard InChI is InChI=1S/C23H27ClFNO3/c1-2-29-22(27)21(18-8-10-19(25)11-9-18)23(28)12-14-26(15-13-23)16-20(24)17-6-4-3-5-7-17/h3-11,20-21,28H,2,12-16H2,1H3. The van der Waals surface area contributed by atoms with Gasteiger partial charge in [0, 0.05) is 19.6 Å². The van der Waals surface area contributed by atoms with Gasteiger partial charge in [-0.05, 0) is 43.0 Å². The number of rotatable bonds is 7. The predicted molar refractivity (Wildman–Crippen MR) is 111 cm³/mol. The molecule has 3 rings (SSSR count). The minimum atomic E-state index is -1.24. The quantitative estimate of drug-likeness (QED) is 0.537. The lowest BCUT2D eigenvalue weighted by atomic mass is 9.75. The molecule has 4 nitrogen and oxygen atoms in total. The van der Waals surface area contributed by atoms with Gasteiger partial charge in [0.2, 0.25) is 0 Å². The molecular formula is C23H27ClFNO3. The van der Waals surface area contributed by atoms with Crippen molar-refractivity contribution in [2.24, 2.45) is 0 Å². The van der Waals surface area contributed by atoms with E-state index in [1.54, 1.807) is 19.1 Å². The molecule has 156 valence electrons. The Morgan fingerprint density at radius 3 is 2.34 bits per heavy atom. The van der Waals surface area contributed by atoms with Crippen molar-refractivity contribution < 1.29 is 19.0 Å². The summed E-state index contributed by atoms with van der Waals surface area (Å²) < 4.78 is 18.6. The van der Waals surface area contributed by atoms with Crippen LogP contribution in [0.5, 0.6) is 0 Å². The van der Waals surface area contributed by atoms with E-state index in [9.17, 15) is 14.3 Å². The molecule has 2 unspecified atom stereocenters. The summed E-state index contributed by atoms with van der Waals surface area (Å²) in [6.45, 7) is 3.86. The molecule has 0 bridgehead atoms. The maximum atomic E-state index is 13.4. The monoisotopic (exact) mass is 419 g/mol. The molecule has 2 aromatic rings. The van der Waals surface area contributed by atoms with Gasteiger partial charge in [0.25, 0.3) is 0 Å². The van der Waals surface area contributed by atoms with Gasteiger partial charge in [-0.3, -0.25) is 4.79 Å². The highest BCUT2D eigenvalue weighted by Crippen LogP contribution is 2.38. The Morgan fingerprint density at radius 2 is 1.76 bits per heavy atom. The van der Waals surface area contributed by atoms with Crippen molar-refractivity contribution in [2.75, 3.05) is 26.2 Å². The molecule has 0 radical (unpaired) electrons. The number of ether oxygens (including phenoxy) is 1. The van der Waals surface area contributed by atoms with Gasteiger partial charge < -0.3 is 14.7 Å². The molecule has 1 heterocycles. The Bertz CT molecular complexity index is 792. The Balaban J connectivity index is 1.70. The van der Waals surface area contributed by atoms with Crippen molar-refractivity contribution in [1.29, 1.82) is 0 Å². The average Bonchev–Trinajstić information content (AvgIpc) is 2.72. The van der Waals surface area contributed by atoms with Crippen LogP contribution in [0.4, 0.5) is 4.39 Å². The third kappa shape index (κ3) is 5.35. The molecule has 0 aliphatic carbocycles. The number of esters is 1. The molecule has 1 N–H and O–H groups in total. The fourth-order valence-electron chi connectivity index (χ4n) is 3.95. The van der Waals surface area contributed by atoms with Gasteiger partial charge in [0.15, 0.2) is 0 Å². The first-order valence-corrected chi connectivity index (χ1v) is 10.4. The van der Waals surface area contributed by atoms with E-state index < -0.39 is 17.5 Å². The Labute approximate surface area is 176 Å². The van der Waals surface area contributed by atoms with Crippen molar-refractivity contribution in [2.45, 2.75) is 36.7 Å². The third-order valence-corrected chi connectivity index (χ3v) is 5.95. The second-order valence-electron chi connectivity index (χ2n) is 7.52. The normalized spacial score (nSPS) is 18.8. The number of piperidine rings is 1. The minimum Gasteiger partial charge on any atom is -0.465 e. The molecule has 0 aromatic heterocycles. The molecule has 1 fully saturated rings. The fraction of sp³-hybridized carbons (Fsp3) is 0.435. The van der Waals surface area contributed by atoms with Crippen LogP contribution in [-0.4, -0.2) is 47.8 Å². The summed E-state index contributed by atoms with van der Waals surface area (Å²) in [6.07, 6.45) is 0.818. The van der Waals surface area contributed by atoms with Crippen molar-refractivity contribution in [1.82, 2.24) is 4.90 Å². The zero-order chi connectivity index (χ0) is 20.9. The topological polar surface area (TPSA) is 49.8 Å². The van der Waals surface area contributed by atoms with Gasteiger partial charge in [-0.2, -0.15) is 0 Å². The zero-order valence-electron chi connectivity index (χ0n) is 16.6. The van der Waals surface area contributed by atoms with Crippen LogP contribution in [0.1, 0.15) is 42.2 Å². The van der Waals surface area contributed by atoms with E-state index in [4.69, 9.17) is 16.3 Å². The first-order valence-electron chi connectivity index (χ1n) is 9.99. The molecular weight excluding hydrogens is 393 g/mol. The second kappa shape index (κ2) is 9.70. The number of carbonyl (C=O) groups is 1. The van der Waals surface area contributed by atoms with Gasteiger partial charge >= 0.3 is 5.97 Å². The van der Waals surface area contributed by atoms with Crippen LogP contribution in [0.25, 0.3) is 0 Å². The lowest BCUT2D eigenvalue weighted by Crippen LogP contribution is -2.50. The highest BCUT2D eigenvalue weighted by atomic mass is 35.5. The highest BCUT2D eigenvalue weighted by Gasteiger charge is 2.45. The summed E-state index contributed by atoms with van der Waals surface area (Å²) in [7, 11) is 0. The van der Waals surface area contributed by atoms with Crippen molar-refractivity contribution in [3.63, 3.8) is 0 Å². The average molecular weight is 420 g/mol. The number of carbonyl (C=O) groups excluding carboxylic acids is 1. The van der Waals surface area contributed by atoms with Crippen molar-refractivity contribution in [3.05, 3.63) is 71.5 Å². The maximum Gasteiger partial charge on any atom is 0.316 e. The molecule has 2 aromatic carbocycles. The van der Waals surface area contributed by atoms with Crippen LogP contribution in [0.15, 0.2) is 54.6 Å². The first-order chi connectivity index (χ1) is 13.9. The van der Waals surface area contributed by atoms with E-state index in [1.165, 1.54) is 12.1 Å². The lowest BCUT2D eigenvalue weighted by Gasteiger charge is -2.42. The maximum absolute atomic E-state index is 13.4. The van der Waals surface area contributed by atoms with Crippen LogP contribution >= 0.6 is 11.6 Å². The summed E-state index contributed by atoms with van der Waals surface area (Å²) in [5, 5.41) is 11.2. The zero-order valence-corrected chi connectivity index (χ0v) is 17.3. The van der Waals surface area contributed by atoms with E-state index in [0.29, 0.717) is 38.0 Å². The van der Waals surface area contributed by atoms with Gasteiger partial charge in [0.1, 0.15) is 11.7 Å². The first kappa shape index (κ1) is 21.8. The van der Waals surface area contributed by atoms with Crippen LogP contribution in [0.3, 0.4) is 0 Å². The molecule has 1 aliphatic rings. The third-order valence-electron chi connectivity index (χ3n) is 5.56. The molecule has 2 atom stereocenters. The number of nitrogens with zero attached hydrogens (tertiary/aromatic N) is 1. The molecule has 1 aliphatic heterocycles. The SMILES string of the molecule is CCOC(=O)C(c1ccc(F)cc1)C1(O)CCN(CC(Cl)c2ccccc2)CC1. The predicted octanol–water partition coefficient (Wildman–Crippen LogP) is 4.28. The van der Waals surface area contributed by atoms with Crippen molar-refractivity contribution >= 4 is 17.6 Å². The number of aliphatic hydroxyl groups is 1. The number of benzene rings is 2. The van der Waals surface area contributed by atoms with E-state index >= 15 is 0 Å². The number of halogens is 2. The van der Waals surface area contributed by atoms with E-state index in [0.717, 1.165) is 5.56 Å². The second-order valence-corrected chi connectivity index (χ2v) is 8.05. The van der Waals surface area contributed by atoms with Gasteiger partial charge in [-0.25, -0.2) is 4.39 Å². The highest BCUT2D eigenvalue weighted by molar-refractivity contribution is 6.21. The summed E-state index contributed by atoms with van der Waals surface area (Å²) in [6, 6.07) is 15.6. The van der Waals surface area contributed by atoms with Gasteiger partial charge in [-0.15, -0.1) is 11.6 Å². The number of alkyl halides is 1. The number of likely N-dealkylation sites (tertiary alicyclic amines) is 1. The van der Waals surface area contributed by atoms with Crippen LogP contribution in [0.2, 0.25) is 0 Å². The number of hydrogen-bond donors (Lipinski definition) is 1. The molecule has 1 saturated heterocycles. The fourth-order valence-corrected chi connectivity index (χ4v) is 4.29. The molecule has 0 saturated carbocycles. The van der Waals surface area contributed by atoms with Crippen LogP contribution in [0, 0.1) is 5.82 Å². The van der Waals surface area contributed by atoms with Gasteiger partial charge in [-0.1, -0.05) is 42.5 Å². The van der Waals surface area contributed by atoms with E-state index in [1.807, 2.05) is 30.3 Å². The van der Waals surface area contributed by atoms with E-state index in [2.05, 4.69) is 4.90 Å². The number of hydrogen-bond acceptors (Lipinski definition) is 4. The summed E-state index contributed by atoms with van der Waals surface area (Å²) in [4.78, 5) is 14.9. The summed E-state index contributed by atoms with van der Waals surface area (Å²) in [5.74, 6) is -1.70. The molecule has 29 heavy (non-hydrogen) atoms. The summed E-state index contributed by atoms with van der Waals surface area (Å²) in [5.41, 5.74) is 0.390. The van der Waals surface area contributed by atoms with Crippen LogP contribution < -0.4 is 0 Å². The van der Waals surface area contributed by atoms with E-state index in [-0.39, 0.29) is 17.8 Å².